The average molecular weight is 257 g/mol. The number of rotatable bonds is 2. The summed E-state index contributed by atoms with van der Waals surface area (Å²) in [6, 6.07) is 2.16. The Kier molecular flexibility index (Phi) is 3.74. The van der Waals surface area contributed by atoms with Crippen LogP contribution in [0.25, 0.3) is 0 Å². The summed E-state index contributed by atoms with van der Waals surface area (Å²) in [4.78, 5) is 16.3. The van der Waals surface area contributed by atoms with Gasteiger partial charge in [0.25, 0.3) is 5.91 Å². The normalized spacial score (nSPS) is 17.8. The highest BCUT2D eigenvalue weighted by molar-refractivity contribution is 6.32. The van der Waals surface area contributed by atoms with Gasteiger partial charge in [0.15, 0.2) is 0 Å². The van der Waals surface area contributed by atoms with Crippen LogP contribution in [0.5, 0.6) is 0 Å². The van der Waals surface area contributed by atoms with E-state index in [0.29, 0.717) is 11.6 Å². The monoisotopic (exact) mass is 256 g/mol. The lowest BCUT2D eigenvalue weighted by atomic mass is 10.2. The molecule has 0 N–H and O–H groups in total. The van der Waals surface area contributed by atoms with Gasteiger partial charge in [-0.1, -0.05) is 0 Å². The Morgan fingerprint density at radius 1 is 1.35 bits per heavy atom. The van der Waals surface area contributed by atoms with Gasteiger partial charge in [0.1, 0.15) is 0 Å². The number of furan rings is 1. The number of hydrogen-bond donors (Lipinski definition) is 0. The lowest BCUT2D eigenvalue weighted by molar-refractivity contribution is 0.0595. The maximum absolute atomic E-state index is 12.1. The van der Waals surface area contributed by atoms with Crippen molar-refractivity contribution in [2.75, 3.05) is 26.2 Å². The maximum Gasteiger partial charge on any atom is 0.258 e. The Balaban J connectivity index is 1.98. The van der Waals surface area contributed by atoms with Gasteiger partial charge in [0, 0.05) is 32.2 Å². The summed E-state index contributed by atoms with van der Waals surface area (Å²) in [5.74, 6) is -0.0350. The number of nitrogens with zero attached hydrogens (tertiary/aromatic N) is 2. The zero-order chi connectivity index (χ0) is 12.4. The fraction of sp³-hybridized carbons (Fsp3) is 0.583. The lowest BCUT2D eigenvalue weighted by Crippen LogP contribution is -2.50. The van der Waals surface area contributed by atoms with Crippen LogP contribution in [0.2, 0.25) is 5.22 Å². The highest BCUT2D eigenvalue weighted by Crippen LogP contribution is 2.19. The van der Waals surface area contributed by atoms with Crippen LogP contribution in [0.3, 0.4) is 0 Å². The molecule has 1 amide bonds. The molecule has 17 heavy (non-hydrogen) atoms. The van der Waals surface area contributed by atoms with Crippen LogP contribution in [0, 0.1) is 0 Å². The Morgan fingerprint density at radius 2 is 2.00 bits per heavy atom. The van der Waals surface area contributed by atoms with E-state index in [9.17, 15) is 4.79 Å². The summed E-state index contributed by atoms with van der Waals surface area (Å²) < 4.78 is 4.94. The first-order chi connectivity index (χ1) is 8.09. The SMILES string of the molecule is CC(C)N1CCN(C(=O)c2ccoc2Cl)CC1. The van der Waals surface area contributed by atoms with Crippen molar-refractivity contribution in [2.24, 2.45) is 0 Å². The van der Waals surface area contributed by atoms with E-state index in [-0.39, 0.29) is 11.1 Å². The smallest absolute Gasteiger partial charge is 0.258 e. The highest BCUT2D eigenvalue weighted by atomic mass is 35.5. The van der Waals surface area contributed by atoms with Gasteiger partial charge in [0.2, 0.25) is 5.22 Å². The molecule has 4 nitrogen and oxygen atoms in total. The number of amides is 1. The molecular formula is C12H17ClN2O2. The van der Waals surface area contributed by atoms with Crippen LogP contribution in [-0.2, 0) is 0 Å². The van der Waals surface area contributed by atoms with E-state index in [0.717, 1.165) is 26.2 Å². The van der Waals surface area contributed by atoms with E-state index in [4.69, 9.17) is 16.0 Å². The molecule has 1 fully saturated rings. The molecule has 2 rings (SSSR count). The number of carbonyl (C=O) groups excluding carboxylic acids is 1. The fourth-order valence-corrected chi connectivity index (χ4v) is 2.25. The van der Waals surface area contributed by atoms with Crippen LogP contribution in [0.1, 0.15) is 24.2 Å². The van der Waals surface area contributed by atoms with Crippen molar-refractivity contribution in [2.45, 2.75) is 19.9 Å². The number of halogens is 1. The fourth-order valence-electron chi connectivity index (χ4n) is 2.06. The molecule has 94 valence electrons. The highest BCUT2D eigenvalue weighted by Gasteiger charge is 2.25. The summed E-state index contributed by atoms with van der Waals surface area (Å²) in [5, 5.41) is 0.182. The van der Waals surface area contributed by atoms with E-state index < -0.39 is 0 Å². The maximum atomic E-state index is 12.1. The van der Waals surface area contributed by atoms with Gasteiger partial charge in [-0.15, -0.1) is 0 Å². The van der Waals surface area contributed by atoms with E-state index in [1.807, 2.05) is 4.90 Å². The number of piperazine rings is 1. The van der Waals surface area contributed by atoms with Crippen molar-refractivity contribution in [3.63, 3.8) is 0 Å². The van der Waals surface area contributed by atoms with E-state index >= 15 is 0 Å². The zero-order valence-corrected chi connectivity index (χ0v) is 10.9. The molecule has 2 heterocycles. The summed E-state index contributed by atoms with van der Waals surface area (Å²) in [5.41, 5.74) is 0.463. The van der Waals surface area contributed by atoms with Crippen molar-refractivity contribution >= 4 is 17.5 Å². The third-order valence-electron chi connectivity index (χ3n) is 3.18. The Morgan fingerprint density at radius 3 is 2.47 bits per heavy atom. The molecule has 1 saturated heterocycles. The van der Waals surface area contributed by atoms with Crippen LogP contribution in [0.15, 0.2) is 16.7 Å². The van der Waals surface area contributed by atoms with Crippen molar-refractivity contribution in [3.8, 4) is 0 Å². The first-order valence-electron chi connectivity index (χ1n) is 5.86. The lowest BCUT2D eigenvalue weighted by Gasteiger charge is -2.36. The third kappa shape index (κ3) is 2.64. The van der Waals surface area contributed by atoms with Crippen LogP contribution < -0.4 is 0 Å². The molecule has 1 aliphatic rings. The number of hydrogen-bond acceptors (Lipinski definition) is 3. The first kappa shape index (κ1) is 12.5. The van der Waals surface area contributed by atoms with Crippen molar-refractivity contribution in [1.29, 1.82) is 0 Å². The van der Waals surface area contributed by atoms with E-state index in [1.54, 1.807) is 6.07 Å². The molecule has 1 aliphatic heterocycles. The average Bonchev–Trinajstić information content (AvgIpc) is 2.74. The second-order valence-electron chi connectivity index (χ2n) is 4.53. The van der Waals surface area contributed by atoms with Crippen molar-refractivity contribution < 1.29 is 9.21 Å². The summed E-state index contributed by atoms with van der Waals surface area (Å²) in [6.45, 7) is 7.67. The summed E-state index contributed by atoms with van der Waals surface area (Å²) >= 11 is 5.81. The largest absolute Gasteiger partial charge is 0.452 e. The molecule has 0 saturated carbocycles. The second-order valence-corrected chi connectivity index (χ2v) is 4.87. The Bertz CT molecular complexity index is 395. The van der Waals surface area contributed by atoms with Crippen LogP contribution in [0.4, 0.5) is 0 Å². The van der Waals surface area contributed by atoms with Crippen LogP contribution in [-0.4, -0.2) is 47.9 Å². The van der Waals surface area contributed by atoms with Gasteiger partial charge in [-0.25, -0.2) is 0 Å². The molecule has 0 unspecified atom stereocenters. The molecule has 0 radical (unpaired) electrons. The van der Waals surface area contributed by atoms with Crippen molar-refractivity contribution in [3.05, 3.63) is 23.1 Å². The van der Waals surface area contributed by atoms with Gasteiger partial charge in [0.05, 0.1) is 11.8 Å². The first-order valence-corrected chi connectivity index (χ1v) is 6.23. The summed E-state index contributed by atoms with van der Waals surface area (Å²) in [7, 11) is 0. The quantitative estimate of drug-likeness (QED) is 0.813. The molecule has 0 bridgehead atoms. The predicted octanol–water partition coefficient (Wildman–Crippen LogP) is 2.10. The molecule has 1 aromatic heterocycles. The van der Waals surface area contributed by atoms with Gasteiger partial charge in [-0.2, -0.15) is 0 Å². The molecule has 0 spiro atoms. The second kappa shape index (κ2) is 5.10. The summed E-state index contributed by atoms with van der Waals surface area (Å²) in [6.07, 6.45) is 1.44. The minimum atomic E-state index is -0.0350. The molecule has 0 aromatic carbocycles. The minimum absolute atomic E-state index is 0.0350. The van der Waals surface area contributed by atoms with Gasteiger partial charge in [-0.05, 0) is 31.5 Å². The van der Waals surface area contributed by atoms with E-state index in [1.165, 1.54) is 6.26 Å². The van der Waals surface area contributed by atoms with Gasteiger partial charge in [-0.3, -0.25) is 9.69 Å². The standard InChI is InChI=1S/C12H17ClN2O2/c1-9(2)14-4-6-15(7-5-14)12(16)10-3-8-17-11(10)13/h3,8-9H,4-7H2,1-2H3. The Hall–Kier alpha value is -1.00. The number of carbonyl (C=O) groups is 1. The minimum Gasteiger partial charge on any atom is -0.452 e. The molecular weight excluding hydrogens is 240 g/mol. The van der Waals surface area contributed by atoms with Gasteiger partial charge < -0.3 is 9.32 Å². The molecule has 1 aromatic rings. The van der Waals surface area contributed by atoms with Crippen LogP contribution >= 0.6 is 11.6 Å². The van der Waals surface area contributed by atoms with E-state index in [2.05, 4.69) is 18.7 Å². The molecule has 5 heteroatoms. The van der Waals surface area contributed by atoms with Gasteiger partial charge >= 0.3 is 0 Å². The van der Waals surface area contributed by atoms with Crippen molar-refractivity contribution in [1.82, 2.24) is 9.80 Å². The topological polar surface area (TPSA) is 36.7 Å². The molecule has 0 aliphatic carbocycles. The predicted molar refractivity (Wildman–Crippen MR) is 66.3 cm³/mol. The Labute approximate surface area is 106 Å². The zero-order valence-electron chi connectivity index (χ0n) is 10.1. The third-order valence-corrected chi connectivity index (χ3v) is 3.47. The molecule has 0 atom stereocenters.